The standard InChI is InChI=1S/C16H19N3O2/c1-11(12(2)17)16(20)19-14-10-18-9-8-15(14)21-13-6-4-3-5-7-13/h3-12H,17H2,1-2H3,(H,19,20). The van der Waals surface area contributed by atoms with Gasteiger partial charge in [0.05, 0.1) is 12.1 Å². The number of anilines is 1. The van der Waals surface area contributed by atoms with Crippen LogP contribution in [0.4, 0.5) is 5.69 Å². The molecule has 2 atom stereocenters. The Bertz CT molecular complexity index is 599. The summed E-state index contributed by atoms with van der Waals surface area (Å²) in [6.45, 7) is 3.59. The average Bonchev–Trinajstić information content (AvgIpc) is 2.49. The van der Waals surface area contributed by atoms with Gasteiger partial charge in [0.2, 0.25) is 5.91 Å². The van der Waals surface area contributed by atoms with Gasteiger partial charge >= 0.3 is 0 Å². The van der Waals surface area contributed by atoms with Crippen LogP contribution in [-0.2, 0) is 4.79 Å². The van der Waals surface area contributed by atoms with Crippen LogP contribution in [0, 0.1) is 5.92 Å². The Hall–Kier alpha value is -2.40. The van der Waals surface area contributed by atoms with Gasteiger partial charge < -0.3 is 15.8 Å². The third kappa shape index (κ3) is 4.03. The van der Waals surface area contributed by atoms with Gasteiger partial charge in [-0.2, -0.15) is 0 Å². The molecule has 1 aromatic carbocycles. The van der Waals surface area contributed by atoms with Crippen LogP contribution in [0.15, 0.2) is 48.8 Å². The highest BCUT2D eigenvalue weighted by Gasteiger charge is 2.18. The smallest absolute Gasteiger partial charge is 0.228 e. The van der Waals surface area contributed by atoms with Crippen molar-refractivity contribution in [3.63, 3.8) is 0 Å². The van der Waals surface area contributed by atoms with E-state index in [4.69, 9.17) is 10.5 Å². The van der Waals surface area contributed by atoms with Crippen molar-refractivity contribution in [1.29, 1.82) is 0 Å². The van der Waals surface area contributed by atoms with Crippen molar-refractivity contribution >= 4 is 11.6 Å². The molecule has 2 rings (SSSR count). The number of hydrogen-bond donors (Lipinski definition) is 2. The van der Waals surface area contributed by atoms with Crippen LogP contribution >= 0.6 is 0 Å². The summed E-state index contributed by atoms with van der Waals surface area (Å²) in [6.07, 6.45) is 3.17. The molecule has 0 aliphatic rings. The molecule has 21 heavy (non-hydrogen) atoms. The average molecular weight is 285 g/mol. The topological polar surface area (TPSA) is 77.2 Å². The highest BCUT2D eigenvalue weighted by atomic mass is 16.5. The second-order valence-electron chi connectivity index (χ2n) is 4.92. The maximum atomic E-state index is 12.1. The monoisotopic (exact) mass is 285 g/mol. The summed E-state index contributed by atoms with van der Waals surface area (Å²) in [6, 6.07) is 10.8. The molecule has 1 amide bonds. The van der Waals surface area contributed by atoms with Crippen molar-refractivity contribution in [3.8, 4) is 11.5 Å². The lowest BCUT2D eigenvalue weighted by molar-refractivity contribution is -0.119. The van der Waals surface area contributed by atoms with Gasteiger partial charge in [-0.1, -0.05) is 25.1 Å². The SMILES string of the molecule is CC(N)C(C)C(=O)Nc1cnccc1Oc1ccccc1. The molecule has 0 bridgehead atoms. The fourth-order valence-corrected chi connectivity index (χ4v) is 1.67. The van der Waals surface area contributed by atoms with Crippen molar-refractivity contribution in [2.24, 2.45) is 11.7 Å². The summed E-state index contributed by atoms with van der Waals surface area (Å²) in [5.41, 5.74) is 6.27. The van der Waals surface area contributed by atoms with E-state index in [-0.39, 0.29) is 17.9 Å². The zero-order valence-electron chi connectivity index (χ0n) is 12.1. The van der Waals surface area contributed by atoms with Crippen molar-refractivity contribution in [2.75, 3.05) is 5.32 Å². The number of aromatic nitrogens is 1. The summed E-state index contributed by atoms with van der Waals surface area (Å²) in [5.74, 6) is 0.784. The molecular weight excluding hydrogens is 266 g/mol. The Labute approximate surface area is 124 Å². The van der Waals surface area contributed by atoms with Crippen LogP contribution in [0.2, 0.25) is 0 Å². The van der Waals surface area contributed by atoms with Gasteiger partial charge in [0.25, 0.3) is 0 Å². The molecule has 0 saturated heterocycles. The number of rotatable bonds is 5. The van der Waals surface area contributed by atoms with E-state index in [1.165, 1.54) is 0 Å². The number of nitrogens with one attached hydrogen (secondary N) is 1. The largest absolute Gasteiger partial charge is 0.455 e. The molecule has 1 heterocycles. The van der Waals surface area contributed by atoms with Crippen LogP contribution in [0.1, 0.15) is 13.8 Å². The summed E-state index contributed by atoms with van der Waals surface area (Å²) < 4.78 is 5.76. The van der Waals surface area contributed by atoms with Gasteiger partial charge in [0.15, 0.2) is 5.75 Å². The number of para-hydroxylation sites is 1. The van der Waals surface area contributed by atoms with Gasteiger partial charge in [0.1, 0.15) is 11.4 Å². The van der Waals surface area contributed by atoms with Gasteiger partial charge in [-0.15, -0.1) is 0 Å². The van der Waals surface area contributed by atoms with Gasteiger partial charge in [0, 0.05) is 18.3 Å². The Balaban J connectivity index is 2.16. The Morgan fingerprint density at radius 1 is 1.24 bits per heavy atom. The maximum Gasteiger partial charge on any atom is 0.228 e. The first-order chi connectivity index (χ1) is 10.1. The lowest BCUT2D eigenvalue weighted by Gasteiger charge is -2.17. The second kappa shape index (κ2) is 6.85. The van der Waals surface area contributed by atoms with E-state index in [1.54, 1.807) is 32.3 Å². The number of nitrogens with zero attached hydrogens (tertiary/aromatic N) is 1. The van der Waals surface area contributed by atoms with Crippen LogP contribution in [0.3, 0.4) is 0 Å². The number of carbonyl (C=O) groups is 1. The third-order valence-electron chi connectivity index (χ3n) is 3.21. The van der Waals surface area contributed by atoms with E-state index < -0.39 is 0 Å². The van der Waals surface area contributed by atoms with Crippen molar-refractivity contribution in [3.05, 3.63) is 48.8 Å². The summed E-state index contributed by atoms with van der Waals surface area (Å²) >= 11 is 0. The number of pyridine rings is 1. The predicted molar refractivity (Wildman–Crippen MR) is 82.2 cm³/mol. The molecule has 1 aromatic heterocycles. The molecule has 3 N–H and O–H groups in total. The molecule has 5 nitrogen and oxygen atoms in total. The zero-order valence-corrected chi connectivity index (χ0v) is 12.1. The van der Waals surface area contributed by atoms with Gasteiger partial charge in [-0.05, 0) is 19.1 Å². The van der Waals surface area contributed by atoms with Crippen LogP contribution in [-0.4, -0.2) is 16.9 Å². The van der Waals surface area contributed by atoms with Gasteiger partial charge in [-0.3, -0.25) is 9.78 Å². The Morgan fingerprint density at radius 2 is 1.95 bits per heavy atom. The summed E-state index contributed by atoms with van der Waals surface area (Å²) in [7, 11) is 0. The fraction of sp³-hybridized carbons (Fsp3) is 0.250. The lowest BCUT2D eigenvalue weighted by atomic mass is 10.0. The van der Waals surface area contributed by atoms with Crippen molar-refractivity contribution in [1.82, 2.24) is 4.98 Å². The van der Waals surface area contributed by atoms with Crippen LogP contribution in [0.25, 0.3) is 0 Å². The molecule has 0 aliphatic carbocycles. The quantitative estimate of drug-likeness (QED) is 0.885. The number of benzene rings is 1. The molecule has 0 radical (unpaired) electrons. The number of ether oxygens (including phenoxy) is 1. The predicted octanol–water partition coefficient (Wildman–Crippen LogP) is 2.80. The highest BCUT2D eigenvalue weighted by Crippen LogP contribution is 2.28. The molecular formula is C16H19N3O2. The molecule has 2 unspecified atom stereocenters. The van der Waals surface area contributed by atoms with Crippen molar-refractivity contribution < 1.29 is 9.53 Å². The second-order valence-corrected chi connectivity index (χ2v) is 4.92. The normalized spacial score (nSPS) is 13.3. The lowest BCUT2D eigenvalue weighted by Crippen LogP contribution is -2.34. The van der Waals surface area contributed by atoms with Crippen LogP contribution < -0.4 is 15.8 Å². The number of amides is 1. The van der Waals surface area contributed by atoms with Crippen molar-refractivity contribution in [2.45, 2.75) is 19.9 Å². The van der Waals surface area contributed by atoms with E-state index in [9.17, 15) is 4.79 Å². The first-order valence-corrected chi connectivity index (χ1v) is 6.81. The zero-order chi connectivity index (χ0) is 15.2. The molecule has 2 aromatic rings. The molecule has 0 aliphatic heterocycles. The molecule has 110 valence electrons. The summed E-state index contributed by atoms with van der Waals surface area (Å²) in [5, 5.41) is 2.81. The fourth-order valence-electron chi connectivity index (χ4n) is 1.67. The van der Waals surface area contributed by atoms with E-state index >= 15 is 0 Å². The molecule has 0 spiro atoms. The number of nitrogens with two attached hydrogens (primary N) is 1. The molecule has 5 heteroatoms. The maximum absolute atomic E-state index is 12.1. The first kappa shape index (κ1) is 15.0. The molecule has 0 fully saturated rings. The minimum atomic E-state index is -0.296. The first-order valence-electron chi connectivity index (χ1n) is 6.81. The minimum Gasteiger partial charge on any atom is -0.455 e. The van der Waals surface area contributed by atoms with E-state index in [2.05, 4.69) is 10.3 Å². The minimum absolute atomic E-state index is 0.157. The molecule has 0 saturated carbocycles. The van der Waals surface area contributed by atoms with Crippen LogP contribution in [0.5, 0.6) is 11.5 Å². The summed E-state index contributed by atoms with van der Waals surface area (Å²) in [4.78, 5) is 16.1. The Morgan fingerprint density at radius 3 is 2.62 bits per heavy atom. The van der Waals surface area contributed by atoms with E-state index in [1.807, 2.05) is 30.3 Å². The number of carbonyl (C=O) groups excluding carboxylic acids is 1. The third-order valence-corrected chi connectivity index (χ3v) is 3.21. The van der Waals surface area contributed by atoms with E-state index in [0.717, 1.165) is 0 Å². The van der Waals surface area contributed by atoms with E-state index in [0.29, 0.717) is 17.2 Å². The highest BCUT2D eigenvalue weighted by molar-refractivity contribution is 5.94. The Kier molecular flexibility index (Phi) is 4.90. The number of hydrogen-bond acceptors (Lipinski definition) is 4. The van der Waals surface area contributed by atoms with Gasteiger partial charge in [-0.25, -0.2) is 0 Å².